The highest BCUT2D eigenvalue weighted by atomic mass is 16.5. The number of hydrogen-bond acceptors (Lipinski definition) is 5. The molecule has 138 valence electrons. The highest BCUT2D eigenvalue weighted by Gasteiger charge is 2.13. The van der Waals surface area contributed by atoms with Gasteiger partial charge < -0.3 is 19.1 Å². The van der Waals surface area contributed by atoms with Crippen LogP contribution in [0.1, 0.15) is 23.7 Å². The number of aliphatic imine (C=N–C) groups is 1. The minimum absolute atomic E-state index is 0.242. The third-order valence-corrected chi connectivity index (χ3v) is 4.00. The number of nitrogens with one attached hydrogen (secondary N) is 2. The molecule has 0 atom stereocenters. The van der Waals surface area contributed by atoms with Gasteiger partial charge >= 0.3 is 0 Å². The third-order valence-electron chi connectivity index (χ3n) is 4.00. The molecule has 1 aromatic carbocycles. The van der Waals surface area contributed by atoms with E-state index in [9.17, 15) is 4.79 Å². The van der Waals surface area contributed by atoms with Gasteiger partial charge in [0.1, 0.15) is 18.8 Å². The highest BCUT2D eigenvalue weighted by molar-refractivity contribution is 6.04. The quantitative estimate of drug-likeness (QED) is 0.416. The lowest BCUT2D eigenvalue weighted by atomic mass is 10.2. The maximum atomic E-state index is 12.3. The van der Waals surface area contributed by atoms with Gasteiger partial charge in [0.05, 0.1) is 33.5 Å². The minimum atomic E-state index is -0.242. The first-order valence-electron chi connectivity index (χ1n) is 8.77. The van der Waals surface area contributed by atoms with Crippen molar-refractivity contribution in [2.75, 3.05) is 53.1 Å². The van der Waals surface area contributed by atoms with Gasteiger partial charge in [-0.05, 0) is 31.2 Å². The summed E-state index contributed by atoms with van der Waals surface area (Å²) in [6.07, 6.45) is 0.949. The van der Waals surface area contributed by atoms with Crippen LogP contribution in [0, 0.1) is 0 Å². The largest absolute Gasteiger partial charge is 0.497 e. The number of nitrogens with zero attached hydrogens (tertiary/aromatic N) is 1. The molecule has 1 aliphatic rings. The number of amidine groups is 1. The molecule has 1 aliphatic heterocycles. The molecule has 0 radical (unpaired) electrons. The van der Waals surface area contributed by atoms with Gasteiger partial charge in [0.2, 0.25) is 0 Å². The van der Waals surface area contributed by atoms with Crippen molar-refractivity contribution in [3.05, 3.63) is 29.8 Å². The van der Waals surface area contributed by atoms with Crippen LogP contribution in [0.15, 0.2) is 29.3 Å². The molecular weight excluding hydrogens is 322 g/mol. The SMILES string of the molecule is CCOC(=NCCC[NH+]1CCOCC1)NC(=O)c1ccc(OC)cc1. The van der Waals surface area contributed by atoms with Gasteiger partial charge in [-0.2, -0.15) is 0 Å². The number of ether oxygens (including phenoxy) is 3. The van der Waals surface area contributed by atoms with Crippen LogP contribution in [0.5, 0.6) is 5.75 Å². The van der Waals surface area contributed by atoms with Crippen LogP contribution in [0.4, 0.5) is 0 Å². The van der Waals surface area contributed by atoms with E-state index in [1.165, 1.54) is 0 Å². The van der Waals surface area contributed by atoms with Gasteiger partial charge in [0.15, 0.2) is 0 Å². The van der Waals surface area contributed by atoms with Gasteiger partial charge in [-0.15, -0.1) is 0 Å². The average molecular weight is 350 g/mol. The van der Waals surface area contributed by atoms with Crippen LogP contribution >= 0.6 is 0 Å². The standard InChI is InChI=1S/C18H27N3O4/c1-3-25-18(19-9-4-10-21-11-13-24-14-12-21)20-17(22)15-5-7-16(23-2)8-6-15/h5-8H,3-4,9-14H2,1-2H3,(H,19,20,22)/p+1. The molecule has 0 unspecified atom stereocenters. The number of morpholine rings is 1. The average Bonchev–Trinajstić information content (AvgIpc) is 2.66. The van der Waals surface area contributed by atoms with Crippen LogP contribution in [0.2, 0.25) is 0 Å². The summed E-state index contributed by atoms with van der Waals surface area (Å²) in [4.78, 5) is 18.2. The van der Waals surface area contributed by atoms with E-state index < -0.39 is 0 Å². The predicted molar refractivity (Wildman–Crippen MR) is 95.4 cm³/mol. The molecule has 0 saturated carbocycles. The van der Waals surface area contributed by atoms with E-state index in [2.05, 4.69) is 10.3 Å². The summed E-state index contributed by atoms with van der Waals surface area (Å²) in [7, 11) is 1.59. The number of carbonyl (C=O) groups excluding carboxylic acids is 1. The van der Waals surface area contributed by atoms with E-state index in [-0.39, 0.29) is 11.9 Å². The molecule has 0 bridgehead atoms. The second kappa shape index (κ2) is 10.7. The molecule has 7 heteroatoms. The lowest BCUT2D eigenvalue weighted by Crippen LogP contribution is -3.14. The highest BCUT2D eigenvalue weighted by Crippen LogP contribution is 2.11. The summed E-state index contributed by atoms with van der Waals surface area (Å²) in [6, 6.07) is 7.19. The van der Waals surface area contributed by atoms with Crippen molar-refractivity contribution in [2.24, 2.45) is 4.99 Å². The predicted octanol–water partition coefficient (Wildman–Crippen LogP) is 0.123. The molecule has 1 fully saturated rings. The van der Waals surface area contributed by atoms with E-state index in [1.54, 1.807) is 36.3 Å². The number of amides is 1. The summed E-state index contributed by atoms with van der Waals surface area (Å²) in [6.45, 7) is 7.78. The first-order valence-corrected chi connectivity index (χ1v) is 8.77. The number of methoxy groups -OCH3 is 1. The van der Waals surface area contributed by atoms with Gasteiger partial charge in [0, 0.05) is 18.5 Å². The Hall–Kier alpha value is -2.12. The number of carbonyl (C=O) groups is 1. The zero-order chi connectivity index (χ0) is 17.9. The van der Waals surface area contributed by atoms with Crippen molar-refractivity contribution >= 4 is 11.9 Å². The normalized spacial score (nSPS) is 15.7. The summed E-state index contributed by atoms with van der Waals surface area (Å²) >= 11 is 0. The number of rotatable bonds is 7. The molecule has 2 N–H and O–H groups in total. The first kappa shape index (κ1) is 19.2. The fourth-order valence-electron chi connectivity index (χ4n) is 2.59. The summed E-state index contributed by atoms with van der Waals surface area (Å²) in [5.41, 5.74) is 0.533. The maximum Gasteiger partial charge on any atom is 0.291 e. The fraction of sp³-hybridized carbons (Fsp3) is 0.556. The fourth-order valence-corrected chi connectivity index (χ4v) is 2.59. The molecule has 0 aliphatic carbocycles. The smallest absolute Gasteiger partial charge is 0.291 e. The molecule has 7 nitrogen and oxygen atoms in total. The lowest BCUT2D eigenvalue weighted by Gasteiger charge is -2.23. The molecule has 0 aromatic heterocycles. The summed E-state index contributed by atoms with van der Waals surface area (Å²) < 4.78 is 15.9. The zero-order valence-corrected chi connectivity index (χ0v) is 15.0. The number of hydrogen-bond donors (Lipinski definition) is 2. The van der Waals surface area contributed by atoms with Crippen LogP contribution in [-0.2, 0) is 9.47 Å². The zero-order valence-electron chi connectivity index (χ0n) is 15.0. The van der Waals surface area contributed by atoms with Crippen LogP contribution in [0.3, 0.4) is 0 Å². The van der Waals surface area contributed by atoms with Gasteiger partial charge in [-0.1, -0.05) is 0 Å². The number of quaternary nitrogens is 1. The molecule has 25 heavy (non-hydrogen) atoms. The van der Waals surface area contributed by atoms with Crippen molar-refractivity contribution in [1.82, 2.24) is 5.32 Å². The molecule has 0 spiro atoms. The molecule has 1 saturated heterocycles. The van der Waals surface area contributed by atoms with E-state index in [1.807, 2.05) is 6.92 Å². The van der Waals surface area contributed by atoms with Crippen molar-refractivity contribution in [1.29, 1.82) is 0 Å². The van der Waals surface area contributed by atoms with Crippen molar-refractivity contribution < 1.29 is 23.9 Å². The van der Waals surface area contributed by atoms with E-state index in [4.69, 9.17) is 14.2 Å². The van der Waals surface area contributed by atoms with Crippen molar-refractivity contribution in [3.8, 4) is 5.75 Å². The van der Waals surface area contributed by atoms with Crippen LogP contribution in [0.25, 0.3) is 0 Å². The third kappa shape index (κ3) is 6.72. The van der Waals surface area contributed by atoms with Crippen molar-refractivity contribution in [2.45, 2.75) is 13.3 Å². The minimum Gasteiger partial charge on any atom is -0.497 e. The second-order valence-electron chi connectivity index (χ2n) is 5.77. The Morgan fingerprint density at radius 1 is 1.28 bits per heavy atom. The molecule has 1 aromatic rings. The van der Waals surface area contributed by atoms with Gasteiger partial charge in [0.25, 0.3) is 11.9 Å². The Labute approximate surface area is 149 Å². The van der Waals surface area contributed by atoms with Crippen molar-refractivity contribution in [3.63, 3.8) is 0 Å². The Bertz CT molecular complexity index is 554. The molecule has 2 rings (SSSR count). The molecule has 1 heterocycles. The van der Waals surface area contributed by atoms with Crippen LogP contribution in [-0.4, -0.2) is 65.0 Å². The summed E-state index contributed by atoms with van der Waals surface area (Å²) in [5.74, 6) is 0.467. The Morgan fingerprint density at radius 3 is 2.64 bits per heavy atom. The van der Waals surface area contributed by atoms with Crippen LogP contribution < -0.4 is 15.0 Å². The van der Waals surface area contributed by atoms with Gasteiger partial charge in [-0.3, -0.25) is 10.1 Å². The summed E-state index contributed by atoms with van der Waals surface area (Å²) in [5, 5.41) is 2.73. The van der Waals surface area contributed by atoms with E-state index in [0.717, 1.165) is 39.3 Å². The van der Waals surface area contributed by atoms with E-state index in [0.29, 0.717) is 24.5 Å². The first-order chi connectivity index (χ1) is 12.2. The monoisotopic (exact) mass is 350 g/mol. The molecule has 1 amide bonds. The topological polar surface area (TPSA) is 73.6 Å². The Kier molecular flexibility index (Phi) is 8.21. The van der Waals surface area contributed by atoms with Gasteiger partial charge in [-0.25, -0.2) is 4.99 Å². The Balaban J connectivity index is 1.82. The lowest BCUT2D eigenvalue weighted by molar-refractivity contribution is -0.908. The second-order valence-corrected chi connectivity index (χ2v) is 5.77. The van der Waals surface area contributed by atoms with E-state index >= 15 is 0 Å². The molecular formula is C18H28N3O4+. The maximum absolute atomic E-state index is 12.3. The Morgan fingerprint density at radius 2 is 2.00 bits per heavy atom. The number of benzene rings is 1.